The minimum atomic E-state index is 0.189. The van der Waals surface area contributed by atoms with Gasteiger partial charge in [0.1, 0.15) is 11.9 Å². The van der Waals surface area contributed by atoms with Crippen molar-refractivity contribution in [2.24, 2.45) is 0 Å². The SMILES string of the molecule is N#Cc1ccc(N2CCN(C(=O)CN3CCc4ccccc43)CC2)nc1. The zero-order valence-electron chi connectivity index (χ0n) is 14.6. The highest BCUT2D eigenvalue weighted by molar-refractivity contribution is 5.82. The zero-order valence-corrected chi connectivity index (χ0v) is 14.6. The number of nitrogens with zero attached hydrogens (tertiary/aromatic N) is 5. The molecule has 6 heteroatoms. The van der Waals surface area contributed by atoms with Crippen molar-refractivity contribution < 1.29 is 4.79 Å². The van der Waals surface area contributed by atoms with E-state index in [1.807, 2.05) is 17.0 Å². The summed E-state index contributed by atoms with van der Waals surface area (Å²) >= 11 is 0. The number of hydrogen-bond acceptors (Lipinski definition) is 5. The second-order valence-corrected chi connectivity index (χ2v) is 6.68. The van der Waals surface area contributed by atoms with E-state index < -0.39 is 0 Å². The molecule has 0 saturated carbocycles. The average molecular weight is 347 g/mol. The molecule has 6 nitrogen and oxygen atoms in total. The summed E-state index contributed by atoms with van der Waals surface area (Å²) < 4.78 is 0. The first-order valence-corrected chi connectivity index (χ1v) is 8.96. The first-order chi connectivity index (χ1) is 12.7. The van der Waals surface area contributed by atoms with Crippen molar-refractivity contribution in [1.82, 2.24) is 9.88 Å². The minimum absolute atomic E-state index is 0.189. The van der Waals surface area contributed by atoms with Crippen LogP contribution in [-0.2, 0) is 11.2 Å². The summed E-state index contributed by atoms with van der Waals surface area (Å²) in [6, 6.07) is 14.1. The molecule has 2 aromatic rings. The van der Waals surface area contributed by atoms with Crippen LogP contribution >= 0.6 is 0 Å². The highest BCUT2D eigenvalue weighted by atomic mass is 16.2. The Morgan fingerprint density at radius 1 is 1.08 bits per heavy atom. The van der Waals surface area contributed by atoms with Crippen LogP contribution in [0, 0.1) is 11.3 Å². The fraction of sp³-hybridized carbons (Fsp3) is 0.350. The molecule has 0 aliphatic carbocycles. The van der Waals surface area contributed by atoms with Gasteiger partial charge in [0.15, 0.2) is 0 Å². The summed E-state index contributed by atoms with van der Waals surface area (Å²) in [5, 5.41) is 8.86. The molecule has 0 atom stereocenters. The van der Waals surface area contributed by atoms with Gasteiger partial charge in [0.25, 0.3) is 0 Å². The first kappa shape index (κ1) is 16.4. The Kier molecular flexibility index (Phi) is 4.44. The molecule has 1 fully saturated rings. The molecule has 1 aromatic heterocycles. The van der Waals surface area contributed by atoms with E-state index in [1.54, 1.807) is 12.3 Å². The Hall–Kier alpha value is -3.07. The second kappa shape index (κ2) is 7.04. The molecule has 0 spiro atoms. The molecule has 0 radical (unpaired) electrons. The summed E-state index contributed by atoms with van der Waals surface area (Å²) in [4.78, 5) is 23.3. The quantitative estimate of drug-likeness (QED) is 0.845. The van der Waals surface area contributed by atoms with Crippen LogP contribution in [0.25, 0.3) is 0 Å². The molecule has 26 heavy (non-hydrogen) atoms. The monoisotopic (exact) mass is 347 g/mol. The maximum Gasteiger partial charge on any atom is 0.242 e. The van der Waals surface area contributed by atoms with Gasteiger partial charge in [0, 0.05) is 44.6 Å². The van der Waals surface area contributed by atoms with Crippen molar-refractivity contribution >= 4 is 17.4 Å². The number of aromatic nitrogens is 1. The number of benzene rings is 1. The van der Waals surface area contributed by atoms with Crippen LogP contribution in [0.1, 0.15) is 11.1 Å². The standard InChI is InChI=1S/C20H21N5O/c21-13-16-5-6-19(22-14-16)23-9-11-24(12-10-23)20(26)15-25-8-7-17-3-1-2-4-18(17)25/h1-6,14H,7-12,15H2. The Bertz CT molecular complexity index is 834. The van der Waals surface area contributed by atoms with Crippen molar-refractivity contribution in [3.05, 3.63) is 53.7 Å². The summed E-state index contributed by atoms with van der Waals surface area (Å²) in [6.45, 7) is 4.31. The molecule has 3 heterocycles. The van der Waals surface area contributed by atoms with E-state index in [0.29, 0.717) is 25.2 Å². The van der Waals surface area contributed by atoms with Crippen LogP contribution in [0.3, 0.4) is 0 Å². The van der Waals surface area contributed by atoms with E-state index in [4.69, 9.17) is 5.26 Å². The van der Waals surface area contributed by atoms with Crippen LogP contribution in [0.4, 0.5) is 11.5 Å². The van der Waals surface area contributed by atoms with Gasteiger partial charge in [-0.1, -0.05) is 18.2 Å². The lowest BCUT2D eigenvalue weighted by Crippen LogP contribution is -2.51. The summed E-state index contributed by atoms with van der Waals surface area (Å²) in [5.74, 6) is 1.05. The molecule has 0 N–H and O–H groups in total. The van der Waals surface area contributed by atoms with Gasteiger partial charge in [-0.3, -0.25) is 4.79 Å². The van der Waals surface area contributed by atoms with E-state index in [-0.39, 0.29) is 5.91 Å². The van der Waals surface area contributed by atoms with E-state index in [0.717, 1.165) is 31.9 Å². The molecule has 2 aliphatic heterocycles. The van der Waals surface area contributed by atoms with Crippen LogP contribution < -0.4 is 9.80 Å². The lowest BCUT2D eigenvalue weighted by molar-refractivity contribution is -0.130. The molecule has 132 valence electrons. The van der Waals surface area contributed by atoms with Gasteiger partial charge in [-0.15, -0.1) is 0 Å². The predicted molar refractivity (Wildman–Crippen MR) is 100 cm³/mol. The van der Waals surface area contributed by atoms with Crippen LogP contribution in [0.2, 0.25) is 0 Å². The van der Waals surface area contributed by atoms with E-state index in [2.05, 4.69) is 39.1 Å². The third kappa shape index (κ3) is 3.21. The number of piperazine rings is 1. The molecular formula is C20H21N5O. The summed E-state index contributed by atoms with van der Waals surface area (Å²) in [6.07, 6.45) is 2.61. The molecule has 2 aliphatic rings. The molecule has 1 amide bonds. The Morgan fingerprint density at radius 3 is 2.62 bits per heavy atom. The molecule has 1 saturated heterocycles. The highest BCUT2D eigenvalue weighted by Gasteiger charge is 2.26. The van der Waals surface area contributed by atoms with Crippen molar-refractivity contribution in [2.45, 2.75) is 6.42 Å². The summed E-state index contributed by atoms with van der Waals surface area (Å²) in [7, 11) is 0. The number of fused-ring (bicyclic) bond motifs is 1. The van der Waals surface area contributed by atoms with Crippen molar-refractivity contribution in [1.29, 1.82) is 5.26 Å². The number of amides is 1. The van der Waals surface area contributed by atoms with Gasteiger partial charge < -0.3 is 14.7 Å². The number of hydrogen-bond donors (Lipinski definition) is 0. The Morgan fingerprint density at radius 2 is 1.88 bits per heavy atom. The molecule has 0 unspecified atom stereocenters. The maximum absolute atomic E-state index is 12.7. The Labute approximate surface area is 153 Å². The molecule has 0 bridgehead atoms. The molecule has 1 aromatic carbocycles. The van der Waals surface area contributed by atoms with Gasteiger partial charge >= 0.3 is 0 Å². The first-order valence-electron chi connectivity index (χ1n) is 8.96. The lowest BCUT2D eigenvalue weighted by Gasteiger charge is -2.36. The topological polar surface area (TPSA) is 63.5 Å². The van der Waals surface area contributed by atoms with Crippen LogP contribution in [-0.4, -0.2) is 55.1 Å². The number of carbonyl (C=O) groups excluding carboxylic acids is 1. The fourth-order valence-electron chi connectivity index (χ4n) is 3.66. The number of anilines is 2. The largest absolute Gasteiger partial charge is 0.362 e. The number of pyridine rings is 1. The molecule has 4 rings (SSSR count). The van der Waals surface area contributed by atoms with Crippen molar-refractivity contribution in [3.8, 4) is 6.07 Å². The van der Waals surface area contributed by atoms with Gasteiger partial charge in [-0.2, -0.15) is 5.26 Å². The highest BCUT2D eigenvalue weighted by Crippen LogP contribution is 2.27. The lowest BCUT2D eigenvalue weighted by atomic mass is 10.2. The van der Waals surface area contributed by atoms with E-state index >= 15 is 0 Å². The normalized spacial score (nSPS) is 16.3. The molecular weight excluding hydrogens is 326 g/mol. The van der Waals surface area contributed by atoms with Gasteiger partial charge in [0.05, 0.1) is 12.1 Å². The van der Waals surface area contributed by atoms with Gasteiger partial charge in [0.2, 0.25) is 5.91 Å². The third-order valence-electron chi connectivity index (χ3n) is 5.14. The minimum Gasteiger partial charge on any atom is -0.362 e. The smallest absolute Gasteiger partial charge is 0.242 e. The van der Waals surface area contributed by atoms with Crippen LogP contribution in [0.15, 0.2) is 42.6 Å². The average Bonchev–Trinajstić information content (AvgIpc) is 3.11. The van der Waals surface area contributed by atoms with E-state index in [9.17, 15) is 4.79 Å². The van der Waals surface area contributed by atoms with Gasteiger partial charge in [-0.25, -0.2) is 4.98 Å². The van der Waals surface area contributed by atoms with E-state index in [1.165, 1.54) is 11.3 Å². The summed E-state index contributed by atoms with van der Waals surface area (Å²) in [5.41, 5.74) is 3.09. The Balaban J connectivity index is 1.33. The zero-order chi connectivity index (χ0) is 17.9. The van der Waals surface area contributed by atoms with Crippen molar-refractivity contribution in [3.63, 3.8) is 0 Å². The number of nitriles is 1. The maximum atomic E-state index is 12.7. The predicted octanol–water partition coefficient (Wildman–Crippen LogP) is 1.66. The third-order valence-corrected chi connectivity index (χ3v) is 5.14. The second-order valence-electron chi connectivity index (χ2n) is 6.68. The number of para-hydroxylation sites is 1. The number of carbonyl (C=O) groups is 1. The van der Waals surface area contributed by atoms with Crippen LogP contribution in [0.5, 0.6) is 0 Å². The van der Waals surface area contributed by atoms with Crippen molar-refractivity contribution in [2.75, 3.05) is 49.1 Å². The van der Waals surface area contributed by atoms with Gasteiger partial charge in [-0.05, 0) is 30.2 Å². The fourth-order valence-corrected chi connectivity index (χ4v) is 3.66. The number of rotatable bonds is 3.